The van der Waals surface area contributed by atoms with Gasteiger partial charge in [0.25, 0.3) is 0 Å². The van der Waals surface area contributed by atoms with Crippen LogP contribution in [-0.4, -0.2) is 35.4 Å². The molecular weight excluding hydrogens is 218 g/mol. The molecule has 1 aromatic rings. The summed E-state index contributed by atoms with van der Waals surface area (Å²) in [7, 11) is 0. The summed E-state index contributed by atoms with van der Waals surface area (Å²) in [4.78, 5) is 4.37. The number of hydrogen-bond donors (Lipinski definition) is 1. The third kappa shape index (κ3) is 4.09. The molecule has 1 aliphatic heterocycles. The minimum Gasteiger partial charge on any atom is -0.378 e. The van der Waals surface area contributed by atoms with E-state index in [2.05, 4.69) is 29.3 Å². The fourth-order valence-electron chi connectivity index (χ4n) is 1.95. The van der Waals surface area contributed by atoms with Crippen molar-refractivity contribution in [1.82, 2.24) is 15.5 Å². The van der Waals surface area contributed by atoms with E-state index in [1.807, 2.05) is 0 Å². The van der Waals surface area contributed by atoms with E-state index < -0.39 is 0 Å². The molecule has 0 aliphatic carbocycles. The summed E-state index contributed by atoms with van der Waals surface area (Å²) < 4.78 is 10.7. The minimum atomic E-state index is 0.286. The van der Waals surface area contributed by atoms with Crippen LogP contribution in [-0.2, 0) is 17.6 Å². The van der Waals surface area contributed by atoms with Gasteiger partial charge in [0.1, 0.15) is 0 Å². The summed E-state index contributed by atoms with van der Waals surface area (Å²) in [6, 6.07) is 0.490. The predicted octanol–water partition coefficient (Wildman–Crippen LogP) is 1.33. The fraction of sp³-hybridized carbons (Fsp3) is 0.833. The highest BCUT2D eigenvalue weighted by Gasteiger charge is 2.18. The van der Waals surface area contributed by atoms with Crippen LogP contribution in [0.2, 0.25) is 0 Å². The molecule has 0 bridgehead atoms. The molecule has 1 aromatic heterocycles. The molecule has 0 aromatic carbocycles. The summed E-state index contributed by atoms with van der Waals surface area (Å²) in [5.41, 5.74) is 0. The number of hydrogen-bond acceptors (Lipinski definition) is 5. The second-order valence-electron chi connectivity index (χ2n) is 4.80. The van der Waals surface area contributed by atoms with E-state index in [1.54, 1.807) is 0 Å². The Kier molecular flexibility index (Phi) is 4.50. The zero-order valence-electron chi connectivity index (χ0n) is 10.6. The molecule has 1 fully saturated rings. The molecule has 5 heteroatoms. The lowest BCUT2D eigenvalue weighted by atomic mass is 10.2. The number of nitrogens with one attached hydrogen (secondary N) is 1. The molecule has 5 nitrogen and oxygen atoms in total. The average Bonchev–Trinajstić information content (AvgIpc) is 2.90. The van der Waals surface area contributed by atoms with E-state index in [4.69, 9.17) is 9.26 Å². The SMILES string of the molecule is CC(C)NCCc1nc(CC2CCCO2)no1. The largest absolute Gasteiger partial charge is 0.378 e. The number of rotatable bonds is 6. The van der Waals surface area contributed by atoms with Crippen molar-refractivity contribution in [3.8, 4) is 0 Å². The Morgan fingerprint density at radius 3 is 3.06 bits per heavy atom. The van der Waals surface area contributed by atoms with Crippen molar-refractivity contribution in [3.05, 3.63) is 11.7 Å². The fourth-order valence-corrected chi connectivity index (χ4v) is 1.95. The first kappa shape index (κ1) is 12.5. The molecule has 0 spiro atoms. The lowest BCUT2D eigenvalue weighted by Gasteiger charge is -2.05. The maximum atomic E-state index is 5.54. The highest BCUT2D eigenvalue weighted by Crippen LogP contribution is 2.15. The van der Waals surface area contributed by atoms with Gasteiger partial charge in [0.05, 0.1) is 6.10 Å². The molecule has 1 atom stereocenters. The molecule has 1 N–H and O–H groups in total. The van der Waals surface area contributed by atoms with Crippen molar-refractivity contribution in [2.45, 2.75) is 51.7 Å². The first-order chi connectivity index (χ1) is 8.24. The van der Waals surface area contributed by atoms with Gasteiger partial charge in [-0.1, -0.05) is 19.0 Å². The van der Waals surface area contributed by atoms with Gasteiger partial charge in [-0.15, -0.1) is 0 Å². The van der Waals surface area contributed by atoms with Crippen molar-refractivity contribution in [3.63, 3.8) is 0 Å². The standard InChI is InChI=1S/C12H21N3O2/c1-9(2)13-6-5-12-14-11(15-17-12)8-10-4-3-7-16-10/h9-10,13H,3-8H2,1-2H3. The smallest absolute Gasteiger partial charge is 0.227 e. The normalized spacial score (nSPS) is 20.3. The maximum Gasteiger partial charge on any atom is 0.227 e. The molecule has 17 heavy (non-hydrogen) atoms. The average molecular weight is 239 g/mol. The van der Waals surface area contributed by atoms with Crippen LogP contribution in [0.3, 0.4) is 0 Å². The number of nitrogens with zero attached hydrogens (tertiary/aromatic N) is 2. The summed E-state index contributed by atoms with van der Waals surface area (Å²) in [5.74, 6) is 1.49. The van der Waals surface area contributed by atoms with Crippen LogP contribution in [0, 0.1) is 0 Å². The Bertz CT molecular complexity index is 332. The van der Waals surface area contributed by atoms with Crippen LogP contribution < -0.4 is 5.32 Å². The Hall–Kier alpha value is -0.940. The predicted molar refractivity (Wildman–Crippen MR) is 63.8 cm³/mol. The van der Waals surface area contributed by atoms with Crippen molar-refractivity contribution in [2.24, 2.45) is 0 Å². The monoisotopic (exact) mass is 239 g/mol. The second-order valence-corrected chi connectivity index (χ2v) is 4.80. The third-order valence-electron chi connectivity index (χ3n) is 2.84. The zero-order valence-corrected chi connectivity index (χ0v) is 10.6. The van der Waals surface area contributed by atoms with E-state index in [9.17, 15) is 0 Å². The third-order valence-corrected chi connectivity index (χ3v) is 2.84. The molecule has 1 unspecified atom stereocenters. The highest BCUT2D eigenvalue weighted by molar-refractivity contribution is 4.90. The first-order valence-corrected chi connectivity index (χ1v) is 6.40. The van der Waals surface area contributed by atoms with Crippen molar-refractivity contribution >= 4 is 0 Å². The molecule has 2 heterocycles. The summed E-state index contributed by atoms with van der Waals surface area (Å²) in [5, 5.41) is 7.31. The second kappa shape index (κ2) is 6.12. The van der Waals surface area contributed by atoms with Crippen LogP contribution in [0.1, 0.15) is 38.4 Å². The van der Waals surface area contributed by atoms with Gasteiger partial charge >= 0.3 is 0 Å². The maximum absolute atomic E-state index is 5.54. The van der Waals surface area contributed by atoms with Crippen LogP contribution in [0.4, 0.5) is 0 Å². The van der Waals surface area contributed by atoms with E-state index in [0.717, 1.165) is 44.7 Å². The van der Waals surface area contributed by atoms with Gasteiger partial charge in [-0.05, 0) is 12.8 Å². The van der Waals surface area contributed by atoms with Crippen LogP contribution in [0.25, 0.3) is 0 Å². The number of ether oxygens (including phenoxy) is 1. The Morgan fingerprint density at radius 2 is 2.35 bits per heavy atom. The lowest BCUT2D eigenvalue weighted by Crippen LogP contribution is -2.25. The Morgan fingerprint density at radius 1 is 1.47 bits per heavy atom. The minimum absolute atomic E-state index is 0.286. The summed E-state index contributed by atoms with van der Waals surface area (Å²) >= 11 is 0. The van der Waals surface area contributed by atoms with Gasteiger partial charge < -0.3 is 14.6 Å². The van der Waals surface area contributed by atoms with Gasteiger partial charge in [0.2, 0.25) is 5.89 Å². The molecule has 2 rings (SSSR count). The molecule has 0 amide bonds. The molecule has 1 aliphatic rings. The molecule has 0 saturated carbocycles. The summed E-state index contributed by atoms with van der Waals surface area (Å²) in [6.45, 7) is 5.99. The van der Waals surface area contributed by atoms with E-state index in [1.165, 1.54) is 0 Å². The lowest BCUT2D eigenvalue weighted by molar-refractivity contribution is 0.109. The van der Waals surface area contributed by atoms with Crippen molar-refractivity contribution < 1.29 is 9.26 Å². The van der Waals surface area contributed by atoms with Gasteiger partial charge in [0, 0.05) is 32.0 Å². The van der Waals surface area contributed by atoms with Gasteiger partial charge in [-0.25, -0.2) is 0 Å². The van der Waals surface area contributed by atoms with Crippen LogP contribution >= 0.6 is 0 Å². The van der Waals surface area contributed by atoms with Crippen molar-refractivity contribution in [1.29, 1.82) is 0 Å². The molecule has 96 valence electrons. The topological polar surface area (TPSA) is 60.2 Å². The molecule has 0 radical (unpaired) electrons. The van der Waals surface area contributed by atoms with Gasteiger partial charge in [0.15, 0.2) is 5.82 Å². The quantitative estimate of drug-likeness (QED) is 0.811. The van der Waals surface area contributed by atoms with Crippen molar-refractivity contribution in [2.75, 3.05) is 13.2 Å². The summed E-state index contributed by atoms with van der Waals surface area (Å²) in [6.07, 6.45) is 4.11. The van der Waals surface area contributed by atoms with Crippen LogP contribution in [0.5, 0.6) is 0 Å². The van der Waals surface area contributed by atoms with Gasteiger partial charge in [-0.2, -0.15) is 4.98 Å². The molecule has 1 saturated heterocycles. The Balaban J connectivity index is 1.75. The van der Waals surface area contributed by atoms with E-state index >= 15 is 0 Å². The van der Waals surface area contributed by atoms with Gasteiger partial charge in [-0.3, -0.25) is 0 Å². The highest BCUT2D eigenvalue weighted by atomic mass is 16.5. The zero-order chi connectivity index (χ0) is 12.1. The first-order valence-electron chi connectivity index (χ1n) is 6.40. The Labute approximate surface area is 102 Å². The molecular formula is C12H21N3O2. The van der Waals surface area contributed by atoms with E-state index in [0.29, 0.717) is 11.9 Å². The van der Waals surface area contributed by atoms with E-state index in [-0.39, 0.29) is 6.10 Å². The van der Waals surface area contributed by atoms with Crippen LogP contribution in [0.15, 0.2) is 4.52 Å². The number of aromatic nitrogens is 2.